The van der Waals surface area contributed by atoms with E-state index >= 15 is 0 Å². The van der Waals surface area contributed by atoms with Crippen molar-refractivity contribution in [2.24, 2.45) is 5.73 Å². The average molecular weight is 448 g/mol. The zero-order chi connectivity index (χ0) is 23.9. The quantitative estimate of drug-likeness (QED) is 0.110. The van der Waals surface area contributed by atoms with Crippen LogP contribution in [0.3, 0.4) is 0 Å². The monoisotopic (exact) mass is 448 g/mol. The Balaban J connectivity index is 2.56. The number of esters is 1. The summed E-state index contributed by atoms with van der Waals surface area (Å²) in [5.41, 5.74) is 6.14. The van der Waals surface area contributed by atoms with E-state index in [1.165, 1.54) is 37.6 Å². The Morgan fingerprint density at radius 1 is 1.12 bits per heavy atom. The van der Waals surface area contributed by atoms with E-state index in [1.807, 2.05) is 0 Å². The van der Waals surface area contributed by atoms with Gasteiger partial charge in [-0.05, 0) is 62.4 Å². The van der Waals surface area contributed by atoms with E-state index in [0.29, 0.717) is 24.9 Å². The minimum absolute atomic E-state index is 0.275. The van der Waals surface area contributed by atoms with Crippen LogP contribution in [0.1, 0.15) is 42.5 Å². The lowest BCUT2D eigenvalue weighted by atomic mass is 9.80. The van der Waals surface area contributed by atoms with E-state index in [0.717, 1.165) is 12.8 Å². The van der Waals surface area contributed by atoms with E-state index < -0.39 is 25.2 Å². The number of hydrogen-bond donors (Lipinski definition) is 6. The van der Waals surface area contributed by atoms with Gasteiger partial charge in [0.1, 0.15) is 12.1 Å². The molecule has 0 heterocycles. The van der Waals surface area contributed by atoms with Crippen molar-refractivity contribution in [3.8, 4) is 0 Å². The SMILES string of the molecule is C=CNC(CCCCN)C(=O)NC(CCCNC(=O)c1ccc(B(O)O)cc1)C(=O)OC. The molecule has 176 valence electrons. The van der Waals surface area contributed by atoms with Crippen molar-refractivity contribution in [1.82, 2.24) is 16.0 Å². The number of unbranched alkanes of at least 4 members (excludes halogenated alkanes) is 1. The lowest BCUT2D eigenvalue weighted by molar-refractivity contribution is -0.145. The molecule has 2 amide bonds. The molecular formula is C21H33BN4O6. The first-order chi connectivity index (χ1) is 15.3. The van der Waals surface area contributed by atoms with Gasteiger partial charge in [-0.15, -0.1) is 0 Å². The van der Waals surface area contributed by atoms with Gasteiger partial charge in [-0.2, -0.15) is 0 Å². The summed E-state index contributed by atoms with van der Waals surface area (Å²) in [4.78, 5) is 36.9. The van der Waals surface area contributed by atoms with Crippen LogP contribution in [-0.2, 0) is 14.3 Å². The molecule has 0 radical (unpaired) electrons. The average Bonchev–Trinajstić information content (AvgIpc) is 2.79. The fourth-order valence-electron chi connectivity index (χ4n) is 3.01. The number of hydrogen-bond acceptors (Lipinski definition) is 8. The highest BCUT2D eigenvalue weighted by atomic mass is 16.5. The number of carbonyl (C=O) groups is 3. The van der Waals surface area contributed by atoms with Crippen molar-refractivity contribution in [2.45, 2.75) is 44.2 Å². The molecule has 1 aromatic carbocycles. The van der Waals surface area contributed by atoms with Crippen LogP contribution in [-0.4, -0.2) is 67.2 Å². The van der Waals surface area contributed by atoms with Crippen molar-refractivity contribution in [2.75, 3.05) is 20.2 Å². The molecule has 2 atom stereocenters. The van der Waals surface area contributed by atoms with Gasteiger partial charge in [-0.1, -0.05) is 18.7 Å². The first kappa shape index (κ1) is 27.1. The van der Waals surface area contributed by atoms with Crippen LogP contribution in [0.25, 0.3) is 0 Å². The molecule has 0 saturated carbocycles. The summed E-state index contributed by atoms with van der Waals surface area (Å²) in [6.45, 7) is 4.39. The molecule has 1 rings (SSSR count). The summed E-state index contributed by atoms with van der Waals surface area (Å²) >= 11 is 0. The van der Waals surface area contributed by atoms with Crippen LogP contribution in [0.2, 0.25) is 0 Å². The number of benzene rings is 1. The summed E-state index contributed by atoms with van der Waals surface area (Å²) in [6, 6.07) is 4.48. The number of amides is 2. The second-order valence-corrected chi connectivity index (χ2v) is 7.19. The van der Waals surface area contributed by atoms with E-state index in [4.69, 9.17) is 20.5 Å². The molecule has 11 heteroatoms. The number of nitrogens with one attached hydrogen (secondary N) is 3. The second kappa shape index (κ2) is 15.0. The molecule has 2 unspecified atom stereocenters. The fourth-order valence-corrected chi connectivity index (χ4v) is 3.01. The van der Waals surface area contributed by atoms with E-state index in [9.17, 15) is 14.4 Å². The van der Waals surface area contributed by atoms with Gasteiger partial charge in [0, 0.05) is 12.1 Å². The number of carbonyl (C=O) groups excluding carboxylic acids is 3. The van der Waals surface area contributed by atoms with Crippen molar-refractivity contribution < 1.29 is 29.2 Å². The van der Waals surface area contributed by atoms with Crippen LogP contribution >= 0.6 is 0 Å². The standard InChI is InChI=1S/C21H33BN4O6/c1-3-24-17(7-4-5-13-23)20(28)26-18(21(29)32-2)8-6-14-25-19(27)15-9-11-16(12-10-15)22(30)31/h3,9-12,17-18,24,30-31H,1,4-8,13-14,23H2,2H3,(H,25,27)(H,26,28). The highest BCUT2D eigenvalue weighted by molar-refractivity contribution is 6.58. The highest BCUT2D eigenvalue weighted by Gasteiger charge is 2.25. The summed E-state index contributed by atoms with van der Waals surface area (Å²) in [5.74, 6) is -1.24. The van der Waals surface area contributed by atoms with E-state index in [-0.39, 0.29) is 30.2 Å². The maximum Gasteiger partial charge on any atom is 0.488 e. The maximum absolute atomic E-state index is 12.6. The largest absolute Gasteiger partial charge is 0.488 e. The van der Waals surface area contributed by atoms with Gasteiger partial charge < -0.3 is 36.5 Å². The first-order valence-electron chi connectivity index (χ1n) is 10.5. The van der Waals surface area contributed by atoms with Gasteiger partial charge in [0.25, 0.3) is 5.91 Å². The van der Waals surface area contributed by atoms with E-state index in [2.05, 4.69) is 22.5 Å². The Bertz CT molecular complexity index is 744. The fraction of sp³-hybridized carbons (Fsp3) is 0.476. The number of rotatable bonds is 15. The summed E-state index contributed by atoms with van der Waals surface area (Å²) in [6.07, 6.45) is 4.22. The van der Waals surface area contributed by atoms with Crippen molar-refractivity contribution in [1.29, 1.82) is 0 Å². The maximum atomic E-state index is 12.6. The van der Waals surface area contributed by atoms with Crippen molar-refractivity contribution in [3.05, 3.63) is 42.6 Å². The third kappa shape index (κ3) is 9.50. The van der Waals surface area contributed by atoms with Crippen LogP contribution in [0.5, 0.6) is 0 Å². The minimum Gasteiger partial charge on any atom is -0.467 e. The Morgan fingerprint density at radius 3 is 2.34 bits per heavy atom. The Kier molecular flexibility index (Phi) is 12.7. The number of ether oxygens (including phenoxy) is 1. The van der Waals surface area contributed by atoms with Crippen molar-refractivity contribution in [3.63, 3.8) is 0 Å². The molecule has 0 fully saturated rings. The third-order valence-electron chi connectivity index (χ3n) is 4.81. The van der Waals surface area contributed by atoms with Gasteiger partial charge in [-0.25, -0.2) is 4.79 Å². The Hall–Kier alpha value is -2.89. The summed E-state index contributed by atoms with van der Waals surface area (Å²) < 4.78 is 4.79. The molecule has 10 nitrogen and oxygen atoms in total. The van der Waals surface area contributed by atoms with Crippen LogP contribution < -0.4 is 27.1 Å². The number of methoxy groups -OCH3 is 1. The predicted octanol–water partition coefficient (Wildman–Crippen LogP) is -1.24. The molecule has 0 aromatic heterocycles. The predicted molar refractivity (Wildman–Crippen MR) is 122 cm³/mol. The molecule has 0 spiro atoms. The second-order valence-electron chi connectivity index (χ2n) is 7.19. The normalized spacial score (nSPS) is 12.2. The molecule has 0 aliphatic carbocycles. The minimum atomic E-state index is -1.60. The summed E-state index contributed by atoms with van der Waals surface area (Å²) in [7, 11) is -0.351. The van der Waals surface area contributed by atoms with Crippen LogP contribution in [0.4, 0.5) is 0 Å². The van der Waals surface area contributed by atoms with Gasteiger partial charge in [0.05, 0.1) is 7.11 Å². The molecule has 0 aliphatic rings. The Morgan fingerprint density at radius 2 is 1.78 bits per heavy atom. The van der Waals surface area contributed by atoms with Crippen LogP contribution in [0, 0.1) is 0 Å². The Labute approximate surface area is 188 Å². The highest BCUT2D eigenvalue weighted by Crippen LogP contribution is 2.05. The number of nitrogens with two attached hydrogens (primary N) is 1. The van der Waals surface area contributed by atoms with Gasteiger partial charge in [0.15, 0.2) is 0 Å². The molecule has 0 aliphatic heterocycles. The smallest absolute Gasteiger partial charge is 0.467 e. The first-order valence-corrected chi connectivity index (χ1v) is 10.5. The zero-order valence-corrected chi connectivity index (χ0v) is 18.4. The van der Waals surface area contributed by atoms with Crippen LogP contribution in [0.15, 0.2) is 37.0 Å². The van der Waals surface area contributed by atoms with E-state index in [1.54, 1.807) is 0 Å². The lowest BCUT2D eigenvalue weighted by Gasteiger charge is -2.21. The lowest BCUT2D eigenvalue weighted by Crippen LogP contribution is -2.49. The molecular weight excluding hydrogens is 415 g/mol. The molecule has 0 bridgehead atoms. The van der Waals surface area contributed by atoms with Gasteiger partial charge >= 0.3 is 13.1 Å². The van der Waals surface area contributed by atoms with Gasteiger partial charge in [-0.3, -0.25) is 9.59 Å². The molecule has 7 N–H and O–H groups in total. The van der Waals surface area contributed by atoms with Gasteiger partial charge in [0.2, 0.25) is 5.91 Å². The topological polar surface area (TPSA) is 163 Å². The van der Waals surface area contributed by atoms with Crippen molar-refractivity contribution >= 4 is 30.4 Å². The zero-order valence-electron chi connectivity index (χ0n) is 18.4. The summed E-state index contributed by atoms with van der Waals surface area (Å²) in [5, 5.41) is 26.5. The molecule has 1 aromatic rings. The molecule has 0 saturated heterocycles. The third-order valence-corrected chi connectivity index (χ3v) is 4.81. The molecule has 32 heavy (non-hydrogen) atoms.